The summed E-state index contributed by atoms with van der Waals surface area (Å²) in [4.78, 5) is 14.4. The van der Waals surface area contributed by atoms with Gasteiger partial charge in [0, 0.05) is 30.4 Å². The number of rotatable bonds is 8. The van der Waals surface area contributed by atoms with Crippen molar-refractivity contribution in [2.24, 2.45) is 5.73 Å². The van der Waals surface area contributed by atoms with Crippen LogP contribution >= 0.6 is 24.8 Å². The average molecular weight is 400 g/mol. The summed E-state index contributed by atoms with van der Waals surface area (Å²) in [6.07, 6.45) is 0.955. The summed E-state index contributed by atoms with van der Waals surface area (Å²) in [7, 11) is 4.08. The smallest absolute Gasteiger partial charge is 0.255 e. The van der Waals surface area contributed by atoms with Gasteiger partial charge in [0.15, 0.2) is 0 Å². The molecule has 2 aromatic carbocycles. The van der Waals surface area contributed by atoms with Crippen molar-refractivity contribution < 1.29 is 9.53 Å². The number of hydrogen-bond donors (Lipinski definition) is 2. The van der Waals surface area contributed by atoms with Crippen LogP contribution in [0.3, 0.4) is 0 Å². The maximum absolute atomic E-state index is 12.3. The SMILES string of the molecule is CN(C)CCCOc1cccc(NC(=O)c2ccc(CN)cc2)c1.Cl.Cl. The number of anilines is 1. The molecule has 0 saturated heterocycles. The van der Waals surface area contributed by atoms with Gasteiger partial charge in [-0.2, -0.15) is 0 Å². The third-order valence-corrected chi connectivity index (χ3v) is 3.56. The molecular formula is C19H27Cl2N3O2. The Kier molecular flexibility index (Phi) is 11.7. The molecule has 2 aromatic rings. The first-order valence-corrected chi connectivity index (χ1v) is 8.06. The number of carbonyl (C=O) groups is 1. The van der Waals surface area contributed by atoms with Crippen LogP contribution in [0.5, 0.6) is 5.75 Å². The summed E-state index contributed by atoms with van der Waals surface area (Å²) < 4.78 is 5.72. The van der Waals surface area contributed by atoms with Crippen LogP contribution < -0.4 is 15.8 Å². The molecule has 7 heteroatoms. The summed E-state index contributed by atoms with van der Waals surface area (Å²) in [5.74, 6) is 0.605. The molecule has 0 aliphatic carbocycles. The number of amides is 1. The predicted octanol–water partition coefficient (Wildman–Crippen LogP) is 3.57. The van der Waals surface area contributed by atoms with Crippen LogP contribution in [0.1, 0.15) is 22.3 Å². The normalized spacial score (nSPS) is 9.85. The summed E-state index contributed by atoms with van der Waals surface area (Å²) in [6, 6.07) is 14.7. The highest BCUT2D eigenvalue weighted by molar-refractivity contribution is 6.04. The van der Waals surface area contributed by atoms with Gasteiger partial charge in [-0.05, 0) is 50.3 Å². The predicted molar refractivity (Wildman–Crippen MR) is 112 cm³/mol. The number of ether oxygens (including phenoxy) is 1. The topological polar surface area (TPSA) is 67.6 Å². The van der Waals surface area contributed by atoms with Gasteiger partial charge in [0.25, 0.3) is 5.91 Å². The van der Waals surface area contributed by atoms with Gasteiger partial charge in [0.2, 0.25) is 0 Å². The van der Waals surface area contributed by atoms with Crippen LogP contribution in [0.4, 0.5) is 5.69 Å². The van der Waals surface area contributed by atoms with E-state index in [1.807, 2.05) is 50.5 Å². The van der Waals surface area contributed by atoms with Gasteiger partial charge in [-0.25, -0.2) is 0 Å². The number of hydrogen-bond acceptors (Lipinski definition) is 4. The summed E-state index contributed by atoms with van der Waals surface area (Å²) in [6.45, 7) is 2.10. The molecule has 144 valence electrons. The number of nitrogens with zero attached hydrogens (tertiary/aromatic N) is 1. The first-order chi connectivity index (χ1) is 11.6. The number of halogens is 2. The van der Waals surface area contributed by atoms with E-state index in [0.717, 1.165) is 24.3 Å². The van der Waals surface area contributed by atoms with Crippen LogP contribution in [0.2, 0.25) is 0 Å². The Labute approximate surface area is 167 Å². The van der Waals surface area contributed by atoms with Gasteiger partial charge in [0.1, 0.15) is 5.75 Å². The molecule has 0 saturated carbocycles. The fourth-order valence-corrected chi connectivity index (χ4v) is 2.23. The Morgan fingerprint density at radius 3 is 2.42 bits per heavy atom. The number of carbonyl (C=O) groups excluding carboxylic acids is 1. The van der Waals surface area contributed by atoms with Gasteiger partial charge in [-0.1, -0.05) is 18.2 Å². The van der Waals surface area contributed by atoms with Crippen molar-refractivity contribution in [1.82, 2.24) is 4.90 Å². The van der Waals surface area contributed by atoms with E-state index in [9.17, 15) is 4.79 Å². The third-order valence-electron chi connectivity index (χ3n) is 3.56. The molecule has 2 rings (SSSR count). The maximum Gasteiger partial charge on any atom is 0.255 e. The Hall–Kier alpha value is -1.79. The molecule has 0 bridgehead atoms. The molecule has 0 unspecified atom stereocenters. The molecule has 0 aromatic heterocycles. The Morgan fingerprint density at radius 1 is 1.12 bits per heavy atom. The van der Waals surface area contributed by atoms with Crippen molar-refractivity contribution in [3.05, 3.63) is 59.7 Å². The molecule has 0 aliphatic rings. The zero-order valence-corrected chi connectivity index (χ0v) is 16.7. The third kappa shape index (κ3) is 8.06. The number of nitrogens with one attached hydrogen (secondary N) is 1. The molecule has 0 heterocycles. The second-order valence-electron chi connectivity index (χ2n) is 5.89. The number of nitrogens with two attached hydrogens (primary N) is 1. The van der Waals surface area contributed by atoms with Crippen LogP contribution in [0, 0.1) is 0 Å². The highest BCUT2D eigenvalue weighted by Gasteiger charge is 2.06. The summed E-state index contributed by atoms with van der Waals surface area (Å²) >= 11 is 0. The minimum absolute atomic E-state index is 0. The Bertz CT molecular complexity index is 664. The maximum atomic E-state index is 12.3. The first-order valence-electron chi connectivity index (χ1n) is 8.06. The fourth-order valence-electron chi connectivity index (χ4n) is 2.23. The lowest BCUT2D eigenvalue weighted by Crippen LogP contribution is -2.15. The molecule has 1 amide bonds. The van der Waals surface area contributed by atoms with Gasteiger partial charge >= 0.3 is 0 Å². The van der Waals surface area contributed by atoms with Crippen LogP contribution in [-0.4, -0.2) is 38.1 Å². The van der Waals surface area contributed by atoms with E-state index in [0.29, 0.717) is 24.4 Å². The van der Waals surface area contributed by atoms with E-state index in [1.54, 1.807) is 12.1 Å². The van der Waals surface area contributed by atoms with Gasteiger partial charge in [-0.3, -0.25) is 4.79 Å². The van der Waals surface area contributed by atoms with Crippen molar-refractivity contribution in [2.45, 2.75) is 13.0 Å². The van der Waals surface area contributed by atoms with E-state index in [-0.39, 0.29) is 30.7 Å². The molecule has 3 N–H and O–H groups in total. The van der Waals surface area contributed by atoms with E-state index < -0.39 is 0 Å². The summed E-state index contributed by atoms with van der Waals surface area (Å²) in [5, 5.41) is 2.89. The van der Waals surface area contributed by atoms with E-state index in [1.165, 1.54) is 0 Å². The minimum atomic E-state index is -0.150. The molecule has 5 nitrogen and oxygen atoms in total. The second-order valence-corrected chi connectivity index (χ2v) is 5.89. The van der Waals surface area contributed by atoms with E-state index >= 15 is 0 Å². The first kappa shape index (κ1) is 24.2. The highest BCUT2D eigenvalue weighted by atomic mass is 35.5. The lowest BCUT2D eigenvalue weighted by molar-refractivity contribution is 0.102. The van der Waals surface area contributed by atoms with Crippen LogP contribution in [-0.2, 0) is 6.54 Å². The Balaban J connectivity index is 0.00000312. The van der Waals surface area contributed by atoms with Crippen molar-refractivity contribution in [2.75, 3.05) is 32.6 Å². The zero-order valence-electron chi connectivity index (χ0n) is 15.1. The van der Waals surface area contributed by atoms with E-state index in [2.05, 4.69) is 10.2 Å². The molecule has 0 spiro atoms. The summed E-state index contributed by atoms with van der Waals surface area (Å²) in [5.41, 5.74) is 7.88. The Morgan fingerprint density at radius 2 is 1.81 bits per heavy atom. The van der Waals surface area contributed by atoms with Crippen molar-refractivity contribution >= 4 is 36.4 Å². The van der Waals surface area contributed by atoms with Crippen molar-refractivity contribution in [3.8, 4) is 5.75 Å². The van der Waals surface area contributed by atoms with Crippen molar-refractivity contribution in [1.29, 1.82) is 0 Å². The van der Waals surface area contributed by atoms with Crippen LogP contribution in [0.25, 0.3) is 0 Å². The van der Waals surface area contributed by atoms with E-state index in [4.69, 9.17) is 10.5 Å². The second kappa shape index (κ2) is 12.5. The zero-order chi connectivity index (χ0) is 17.4. The highest BCUT2D eigenvalue weighted by Crippen LogP contribution is 2.18. The molecule has 0 radical (unpaired) electrons. The van der Waals surface area contributed by atoms with Gasteiger partial charge < -0.3 is 20.7 Å². The van der Waals surface area contributed by atoms with Crippen LogP contribution in [0.15, 0.2) is 48.5 Å². The lowest BCUT2D eigenvalue weighted by Gasteiger charge is -2.11. The minimum Gasteiger partial charge on any atom is -0.493 e. The number of benzene rings is 2. The molecule has 26 heavy (non-hydrogen) atoms. The quantitative estimate of drug-likeness (QED) is 0.665. The lowest BCUT2D eigenvalue weighted by atomic mass is 10.1. The molecule has 0 fully saturated rings. The van der Waals surface area contributed by atoms with Gasteiger partial charge in [0.05, 0.1) is 6.61 Å². The monoisotopic (exact) mass is 399 g/mol. The average Bonchev–Trinajstić information content (AvgIpc) is 2.59. The molecular weight excluding hydrogens is 373 g/mol. The van der Waals surface area contributed by atoms with Gasteiger partial charge in [-0.15, -0.1) is 24.8 Å². The standard InChI is InChI=1S/C19H25N3O2.2ClH/c1-22(2)11-4-12-24-18-6-3-5-17(13-18)21-19(23)16-9-7-15(14-20)8-10-16;;/h3,5-10,13H,4,11-12,14,20H2,1-2H3,(H,21,23);2*1H. The molecule has 0 atom stereocenters. The fraction of sp³-hybridized carbons (Fsp3) is 0.316. The van der Waals surface area contributed by atoms with Crippen molar-refractivity contribution in [3.63, 3.8) is 0 Å². The largest absolute Gasteiger partial charge is 0.493 e. The molecule has 0 aliphatic heterocycles.